The summed E-state index contributed by atoms with van der Waals surface area (Å²) in [5.74, 6) is 2.93. The van der Waals surface area contributed by atoms with Crippen LogP contribution in [0.4, 0.5) is 11.8 Å². The smallest absolute Gasteiger partial charge is 0.231 e. The Morgan fingerprint density at radius 1 is 0.931 bits per heavy atom. The Morgan fingerprint density at radius 3 is 2.59 bits per heavy atom. The molecule has 2 heterocycles. The lowest BCUT2D eigenvalue weighted by atomic mass is 10.1. The monoisotopic (exact) mass is 391 g/mol. The summed E-state index contributed by atoms with van der Waals surface area (Å²) in [6, 6.07) is 18.0. The van der Waals surface area contributed by atoms with Gasteiger partial charge in [0.1, 0.15) is 5.82 Å². The number of hydrogen-bond donors (Lipinski definition) is 2. The van der Waals surface area contributed by atoms with Crippen LogP contribution in [0, 0.1) is 0 Å². The van der Waals surface area contributed by atoms with Crippen molar-refractivity contribution >= 4 is 11.8 Å². The molecular weight excluding hydrogens is 366 g/mol. The molecule has 7 heteroatoms. The van der Waals surface area contributed by atoms with E-state index < -0.39 is 0 Å². The van der Waals surface area contributed by atoms with E-state index in [0.717, 1.165) is 47.2 Å². The Labute approximate surface area is 170 Å². The van der Waals surface area contributed by atoms with Crippen LogP contribution in [-0.4, -0.2) is 48.8 Å². The van der Waals surface area contributed by atoms with Gasteiger partial charge >= 0.3 is 0 Å². The van der Waals surface area contributed by atoms with Crippen LogP contribution >= 0.6 is 0 Å². The lowest BCUT2D eigenvalue weighted by molar-refractivity contribution is 0.174. The summed E-state index contributed by atoms with van der Waals surface area (Å²) in [5.41, 5.74) is 3.00. The molecule has 0 aliphatic carbocycles. The minimum absolute atomic E-state index is 0.274. The highest BCUT2D eigenvalue weighted by Crippen LogP contribution is 2.32. The molecule has 0 amide bonds. The van der Waals surface area contributed by atoms with Crippen LogP contribution in [-0.2, 0) is 6.54 Å². The molecule has 7 nitrogen and oxygen atoms in total. The quantitative estimate of drug-likeness (QED) is 0.609. The summed E-state index contributed by atoms with van der Waals surface area (Å²) in [6.45, 7) is 2.59. The topological polar surface area (TPSA) is 71.5 Å². The third-order valence-electron chi connectivity index (χ3n) is 4.55. The number of anilines is 2. The van der Waals surface area contributed by atoms with Gasteiger partial charge in [0, 0.05) is 31.3 Å². The number of nitrogens with one attached hydrogen (secondary N) is 2. The summed E-state index contributed by atoms with van der Waals surface area (Å²) in [6.07, 6.45) is 0. The molecule has 0 saturated carbocycles. The maximum absolute atomic E-state index is 5.46. The van der Waals surface area contributed by atoms with Gasteiger partial charge in [0.2, 0.25) is 12.7 Å². The molecule has 1 aliphatic rings. The molecule has 29 heavy (non-hydrogen) atoms. The summed E-state index contributed by atoms with van der Waals surface area (Å²) in [5, 5.41) is 6.72. The summed E-state index contributed by atoms with van der Waals surface area (Å²) in [4.78, 5) is 11.5. The third kappa shape index (κ3) is 4.94. The van der Waals surface area contributed by atoms with Crippen LogP contribution in [0.1, 0.15) is 5.56 Å². The molecule has 0 bridgehead atoms. The van der Waals surface area contributed by atoms with Crippen molar-refractivity contribution in [3.8, 4) is 22.8 Å². The van der Waals surface area contributed by atoms with Crippen molar-refractivity contribution < 1.29 is 9.47 Å². The zero-order chi connectivity index (χ0) is 20.1. The van der Waals surface area contributed by atoms with E-state index >= 15 is 0 Å². The summed E-state index contributed by atoms with van der Waals surface area (Å²) >= 11 is 0. The molecule has 1 aliphatic heterocycles. The Kier molecular flexibility index (Phi) is 5.76. The molecule has 0 atom stereocenters. The van der Waals surface area contributed by atoms with Gasteiger partial charge < -0.3 is 25.0 Å². The number of benzene rings is 2. The first kappa shape index (κ1) is 19.0. The number of ether oxygens (including phenoxy) is 2. The van der Waals surface area contributed by atoms with Gasteiger partial charge in [0.05, 0.1) is 5.69 Å². The second kappa shape index (κ2) is 8.79. The number of nitrogens with zero attached hydrogens (tertiary/aromatic N) is 3. The highest BCUT2D eigenvalue weighted by molar-refractivity contribution is 5.64. The summed E-state index contributed by atoms with van der Waals surface area (Å²) in [7, 11) is 4.10. The average molecular weight is 391 g/mol. The van der Waals surface area contributed by atoms with Crippen molar-refractivity contribution in [1.82, 2.24) is 14.9 Å². The predicted molar refractivity (Wildman–Crippen MR) is 114 cm³/mol. The van der Waals surface area contributed by atoms with E-state index in [9.17, 15) is 0 Å². The Hall–Kier alpha value is -3.32. The zero-order valence-corrected chi connectivity index (χ0v) is 16.7. The molecule has 0 unspecified atom stereocenters. The van der Waals surface area contributed by atoms with E-state index in [4.69, 9.17) is 14.5 Å². The van der Waals surface area contributed by atoms with E-state index in [1.165, 1.54) is 0 Å². The standard InChI is InChI=1S/C22H25N5O2/c1-27(2)11-10-23-21-13-18(17-6-4-3-5-7-17)25-22(26-21)24-14-16-8-9-19-20(12-16)29-15-28-19/h3-9,12-13H,10-11,14-15H2,1-2H3,(H2,23,24,25,26). The summed E-state index contributed by atoms with van der Waals surface area (Å²) < 4.78 is 10.8. The fourth-order valence-electron chi connectivity index (χ4n) is 3.01. The maximum atomic E-state index is 5.46. The molecule has 1 aromatic heterocycles. The molecule has 0 spiro atoms. The van der Waals surface area contributed by atoms with Crippen molar-refractivity contribution in [3.63, 3.8) is 0 Å². The van der Waals surface area contributed by atoms with Crippen LogP contribution in [0.3, 0.4) is 0 Å². The number of hydrogen-bond acceptors (Lipinski definition) is 7. The SMILES string of the molecule is CN(C)CCNc1cc(-c2ccccc2)nc(NCc2ccc3c(c2)OCO3)n1. The Balaban J connectivity index is 1.52. The molecule has 2 N–H and O–H groups in total. The van der Waals surface area contributed by atoms with Crippen molar-refractivity contribution in [3.05, 3.63) is 60.2 Å². The molecule has 4 rings (SSSR count). The van der Waals surface area contributed by atoms with Gasteiger partial charge in [-0.05, 0) is 31.8 Å². The van der Waals surface area contributed by atoms with E-state index in [1.54, 1.807) is 0 Å². The number of likely N-dealkylation sites (N-methyl/N-ethyl adjacent to an activating group) is 1. The van der Waals surface area contributed by atoms with Gasteiger partial charge in [-0.1, -0.05) is 36.4 Å². The van der Waals surface area contributed by atoms with Gasteiger partial charge in [-0.3, -0.25) is 0 Å². The number of fused-ring (bicyclic) bond motifs is 1. The first-order chi connectivity index (χ1) is 14.2. The van der Waals surface area contributed by atoms with E-state index in [-0.39, 0.29) is 6.79 Å². The lowest BCUT2D eigenvalue weighted by Gasteiger charge is -2.13. The minimum Gasteiger partial charge on any atom is -0.454 e. The molecule has 0 radical (unpaired) electrons. The lowest BCUT2D eigenvalue weighted by Crippen LogP contribution is -2.21. The fourth-order valence-corrected chi connectivity index (χ4v) is 3.01. The second-order valence-corrected chi connectivity index (χ2v) is 7.10. The highest BCUT2D eigenvalue weighted by atomic mass is 16.7. The van der Waals surface area contributed by atoms with Crippen LogP contribution < -0.4 is 20.1 Å². The molecule has 0 fully saturated rings. The average Bonchev–Trinajstić information content (AvgIpc) is 3.20. The first-order valence-electron chi connectivity index (χ1n) is 9.63. The van der Waals surface area contributed by atoms with Gasteiger partial charge in [0.15, 0.2) is 11.5 Å². The Morgan fingerprint density at radius 2 is 1.76 bits per heavy atom. The van der Waals surface area contributed by atoms with Gasteiger partial charge in [0.25, 0.3) is 0 Å². The van der Waals surface area contributed by atoms with E-state index in [1.807, 2.05) is 54.6 Å². The van der Waals surface area contributed by atoms with Crippen molar-refractivity contribution in [2.24, 2.45) is 0 Å². The Bertz CT molecular complexity index is 963. The molecule has 0 saturated heterocycles. The number of aromatic nitrogens is 2. The largest absolute Gasteiger partial charge is 0.454 e. The normalized spacial score (nSPS) is 12.2. The van der Waals surface area contributed by atoms with Crippen LogP contribution in [0.15, 0.2) is 54.6 Å². The van der Waals surface area contributed by atoms with Gasteiger partial charge in [-0.25, -0.2) is 4.98 Å². The third-order valence-corrected chi connectivity index (χ3v) is 4.55. The first-order valence-corrected chi connectivity index (χ1v) is 9.63. The number of rotatable bonds is 8. The van der Waals surface area contributed by atoms with Crippen LogP contribution in [0.5, 0.6) is 11.5 Å². The van der Waals surface area contributed by atoms with E-state index in [2.05, 4.69) is 34.6 Å². The van der Waals surface area contributed by atoms with Crippen LogP contribution in [0.2, 0.25) is 0 Å². The van der Waals surface area contributed by atoms with Crippen molar-refractivity contribution in [2.45, 2.75) is 6.54 Å². The highest BCUT2D eigenvalue weighted by Gasteiger charge is 2.13. The zero-order valence-electron chi connectivity index (χ0n) is 16.7. The molecule has 3 aromatic rings. The molecule has 150 valence electrons. The van der Waals surface area contributed by atoms with Gasteiger partial charge in [-0.2, -0.15) is 4.98 Å². The minimum atomic E-state index is 0.274. The second-order valence-electron chi connectivity index (χ2n) is 7.10. The molecular formula is C22H25N5O2. The van der Waals surface area contributed by atoms with E-state index in [0.29, 0.717) is 12.5 Å². The molecule has 2 aromatic carbocycles. The van der Waals surface area contributed by atoms with Crippen molar-refractivity contribution in [2.75, 3.05) is 44.6 Å². The fraction of sp³-hybridized carbons (Fsp3) is 0.273. The van der Waals surface area contributed by atoms with Crippen LogP contribution in [0.25, 0.3) is 11.3 Å². The van der Waals surface area contributed by atoms with Gasteiger partial charge in [-0.15, -0.1) is 0 Å². The van der Waals surface area contributed by atoms with Crippen molar-refractivity contribution in [1.29, 1.82) is 0 Å². The maximum Gasteiger partial charge on any atom is 0.231 e. The predicted octanol–water partition coefficient (Wildman–Crippen LogP) is 3.46.